The Labute approximate surface area is 236 Å². The summed E-state index contributed by atoms with van der Waals surface area (Å²) in [5, 5.41) is 17.3. The number of aromatic nitrogens is 3. The van der Waals surface area contributed by atoms with Gasteiger partial charge in [0, 0.05) is 28.6 Å². The minimum absolute atomic E-state index is 0.0523. The summed E-state index contributed by atoms with van der Waals surface area (Å²) >= 11 is 7.78. The van der Waals surface area contributed by atoms with Crippen LogP contribution >= 0.6 is 22.9 Å². The van der Waals surface area contributed by atoms with Crippen LogP contribution in [0.1, 0.15) is 11.1 Å². The van der Waals surface area contributed by atoms with Crippen molar-refractivity contribution in [3.05, 3.63) is 64.7 Å². The Morgan fingerprint density at radius 3 is 2.46 bits per heavy atom. The summed E-state index contributed by atoms with van der Waals surface area (Å²) in [5.41, 5.74) is 6.59. The smallest absolute Gasteiger partial charge is 0.307 e. The molecule has 9 heteroatoms. The molecule has 1 fully saturated rings. The number of fused-ring (bicyclic) bond motifs is 2. The molecule has 3 aromatic carbocycles. The second kappa shape index (κ2) is 9.62. The average Bonchev–Trinajstić information content (AvgIpc) is 3.45. The number of aliphatic carboxylic acids is 1. The van der Waals surface area contributed by atoms with Gasteiger partial charge in [0.25, 0.3) is 0 Å². The molecule has 0 aliphatic carbocycles. The molecule has 0 saturated carbocycles. The Hall–Kier alpha value is -3.46. The normalized spacial score (nSPS) is 15.4. The van der Waals surface area contributed by atoms with E-state index in [-0.39, 0.29) is 6.42 Å². The molecule has 3 heterocycles. The standard InChI is InChI=1S/C30H30ClN5O2S/c1-18-15-24-28(27(22(18)17-26(37)38)19-5-8-21(31)9-6-19)39-30(32-24)20-7-10-25-23(16-20)29(33-34(25)2)35-11-13-36(3,4)14-12-35/h5-10,15-16H,11-14,17H2,1-4H3/p+1. The number of carboxylic acids is 1. The van der Waals surface area contributed by atoms with E-state index in [1.165, 1.54) is 0 Å². The van der Waals surface area contributed by atoms with Crippen molar-refractivity contribution < 1.29 is 14.4 Å². The molecule has 0 radical (unpaired) electrons. The zero-order valence-corrected chi connectivity index (χ0v) is 24.1. The van der Waals surface area contributed by atoms with Crippen molar-refractivity contribution in [1.82, 2.24) is 14.8 Å². The number of piperazine rings is 1. The first-order valence-corrected chi connectivity index (χ1v) is 14.2. The third-order valence-electron chi connectivity index (χ3n) is 7.80. The summed E-state index contributed by atoms with van der Waals surface area (Å²) in [7, 11) is 6.56. The van der Waals surface area contributed by atoms with E-state index in [2.05, 4.69) is 37.2 Å². The molecule has 7 nitrogen and oxygen atoms in total. The van der Waals surface area contributed by atoms with E-state index in [9.17, 15) is 9.90 Å². The highest BCUT2D eigenvalue weighted by Gasteiger charge is 2.27. The van der Waals surface area contributed by atoms with Crippen molar-refractivity contribution in [2.45, 2.75) is 13.3 Å². The minimum Gasteiger partial charge on any atom is -0.481 e. The second-order valence-electron chi connectivity index (χ2n) is 11.0. The largest absolute Gasteiger partial charge is 0.481 e. The number of carbonyl (C=O) groups is 1. The maximum absolute atomic E-state index is 11.8. The zero-order valence-electron chi connectivity index (χ0n) is 22.5. The number of aryl methyl sites for hydroxylation is 2. The molecule has 1 saturated heterocycles. The van der Waals surface area contributed by atoms with E-state index < -0.39 is 5.97 Å². The topological polar surface area (TPSA) is 71.2 Å². The molecule has 1 aliphatic rings. The van der Waals surface area contributed by atoms with Crippen molar-refractivity contribution in [3.8, 4) is 21.7 Å². The number of halogens is 1. The van der Waals surface area contributed by atoms with Crippen LogP contribution in [0.5, 0.6) is 0 Å². The lowest BCUT2D eigenvalue weighted by Crippen LogP contribution is -2.55. The second-order valence-corrected chi connectivity index (χ2v) is 12.5. The van der Waals surface area contributed by atoms with Crippen molar-refractivity contribution in [2.24, 2.45) is 7.05 Å². The van der Waals surface area contributed by atoms with Gasteiger partial charge in [0.1, 0.15) is 5.01 Å². The molecule has 39 heavy (non-hydrogen) atoms. The molecule has 5 aromatic rings. The first-order valence-electron chi connectivity index (χ1n) is 13.0. The van der Waals surface area contributed by atoms with Crippen LogP contribution in [0.2, 0.25) is 5.02 Å². The van der Waals surface area contributed by atoms with Gasteiger partial charge in [-0.3, -0.25) is 9.48 Å². The van der Waals surface area contributed by atoms with Gasteiger partial charge in [0.05, 0.1) is 62.4 Å². The summed E-state index contributed by atoms with van der Waals surface area (Å²) in [6.07, 6.45) is -0.0523. The average molecular weight is 561 g/mol. The van der Waals surface area contributed by atoms with Gasteiger partial charge < -0.3 is 14.5 Å². The lowest BCUT2D eigenvalue weighted by atomic mass is 9.93. The summed E-state index contributed by atoms with van der Waals surface area (Å²) < 4.78 is 3.97. The first-order chi connectivity index (χ1) is 18.6. The van der Waals surface area contributed by atoms with Crippen molar-refractivity contribution in [2.75, 3.05) is 45.2 Å². The minimum atomic E-state index is -0.855. The van der Waals surface area contributed by atoms with Crippen molar-refractivity contribution >= 4 is 55.8 Å². The van der Waals surface area contributed by atoms with Gasteiger partial charge in [-0.2, -0.15) is 5.10 Å². The van der Waals surface area contributed by atoms with Crippen molar-refractivity contribution in [1.29, 1.82) is 0 Å². The number of rotatable bonds is 5. The van der Waals surface area contributed by atoms with E-state index in [4.69, 9.17) is 21.7 Å². The fourth-order valence-corrected chi connectivity index (χ4v) is 6.75. The van der Waals surface area contributed by atoms with Crippen LogP contribution in [-0.4, -0.2) is 70.6 Å². The molecule has 0 spiro atoms. The number of carboxylic acid groups (broad SMARTS) is 1. The fraction of sp³-hybridized carbons (Fsp3) is 0.300. The highest BCUT2D eigenvalue weighted by molar-refractivity contribution is 7.22. The van der Waals surface area contributed by atoms with Gasteiger partial charge in [-0.05, 0) is 60.0 Å². The third kappa shape index (κ3) is 4.77. The molecular weight excluding hydrogens is 530 g/mol. The SMILES string of the molecule is Cc1cc2nc(-c3ccc4c(c3)c(N3CC[N+](C)(C)CC3)nn4C)sc2c(-c2ccc(Cl)cc2)c1CC(=O)O. The van der Waals surface area contributed by atoms with Gasteiger partial charge in [0.2, 0.25) is 0 Å². The Morgan fingerprint density at radius 1 is 1.08 bits per heavy atom. The molecule has 0 bridgehead atoms. The van der Waals surface area contributed by atoms with E-state index >= 15 is 0 Å². The Balaban J connectivity index is 1.49. The van der Waals surface area contributed by atoms with E-state index in [1.54, 1.807) is 11.3 Å². The zero-order chi connectivity index (χ0) is 27.5. The van der Waals surface area contributed by atoms with Gasteiger partial charge in [-0.15, -0.1) is 11.3 Å². The number of benzene rings is 3. The van der Waals surface area contributed by atoms with Gasteiger partial charge in [-0.25, -0.2) is 4.98 Å². The molecular formula is C30H31ClN5O2S+. The molecule has 1 aliphatic heterocycles. The van der Waals surface area contributed by atoms with E-state index in [1.807, 2.05) is 49.0 Å². The summed E-state index contributed by atoms with van der Waals surface area (Å²) in [6.45, 7) is 6.08. The number of anilines is 1. The molecule has 200 valence electrons. The van der Waals surface area contributed by atoms with Gasteiger partial charge >= 0.3 is 5.97 Å². The maximum Gasteiger partial charge on any atom is 0.307 e. The highest BCUT2D eigenvalue weighted by atomic mass is 35.5. The number of nitrogens with zero attached hydrogens (tertiary/aromatic N) is 5. The van der Waals surface area contributed by atoms with Crippen LogP contribution in [-0.2, 0) is 18.3 Å². The van der Waals surface area contributed by atoms with Crippen LogP contribution in [0.4, 0.5) is 5.82 Å². The summed E-state index contributed by atoms with van der Waals surface area (Å²) in [6, 6.07) is 16.0. The highest BCUT2D eigenvalue weighted by Crippen LogP contribution is 2.42. The van der Waals surface area contributed by atoms with Crippen LogP contribution in [0, 0.1) is 6.92 Å². The van der Waals surface area contributed by atoms with Crippen LogP contribution in [0.15, 0.2) is 48.5 Å². The Morgan fingerprint density at radius 2 is 1.77 bits per heavy atom. The fourth-order valence-electron chi connectivity index (χ4n) is 5.49. The van der Waals surface area contributed by atoms with Crippen LogP contribution < -0.4 is 4.90 Å². The molecule has 1 N–H and O–H groups in total. The lowest BCUT2D eigenvalue weighted by Gasteiger charge is -2.39. The van der Waals surface area contributed by atoms with Crippen LogP contribution in [0.25, 0.3) is 42.8 Å². The molecule has 0 amide bonds. The molecule has 2 aromatic heterocycles. The molecule has 0 unspecified atom stereocenters. The van der Waals surface area contributed by atoms with E-state index in [0.717, 1.165) is 90.4 Å². The lowest BCUT2D eigenvalue weighted by molar-refractivity contribution is -0.890. The predicted octanol–water partition coefficient (Wildman–Crippen LogP) is 6.00. The number of hydrogen-bond acceptors (Lipinski definition) is 5. The first kappa shape index (κ1) is 25.8. The summed E-state index contributed by atoms with van der Waals surface area (Å²) in [4.78, 5) is 19.2. The predicted molar refractivity (Wildman–Crippen MR) is 160 cm³/mol. The third-order valence-corrected chi connectivity index (χ3v) is 9.19. The van der Waals surface area contributed by atoms with Gasteiger partial charge in [0.15, 0.2) is 5.82 Å². The Bertz CT molecular complexity index is 1730. The number of likely N-dealkylation sites (N-methyl/N-ethyl adjacent to an activating group) is 1. The number of hydrogen-bond donors (Lipinski definition) is 1. The molecule has 6 rings (SSSR count). The quantitative estimate of drug-likeness (QED) is 0.267. The van der Waals surface area contributed by atoms with Crippen LogP contribution in [0.3, 0.4) is 0 Å². The Kier molecular flexibility index (Phi) is 6.37. The van der Waals surface area contributed by atoms with Gasteiger partial charge in [-0.1, -0.05) is 23.7 Å². The monoisotopic (exact) mass is 560 g/mol. The van der Waals surface area contributed by atoms with Crippen molar-refractivity contribution in [3.63, 3.8) is 0 Å². The summed E-state index contributed by atoms with van der Waals surface area (Å²) in [5.74, 6) is 0.170. The molecule has 0 atom stereocenters. The number of thiazole rings is 1. The number of quaternary nitrogens is 1. The van der Waals surface area contributed by atoms with E-state index in [0.29, 0.717) is 5.02 Å². The maximum atomic E-state index is 11.8.